The van der Waals surface area contributed by atoms with Gasteiger partial charge in [-0.3, -0.25) is 57.8 Å². The fraction of sp³-hybridized carbons (Fsp3) is 0.206. The first kappa shape index (κ1) is 69.1. The molecule has 1 aromatic heterocycles. The van der Waals surface area contributed by atoms with Crippen molar-refractivity contribution in [3.05, 3.63) is 190 Å². The van der Waals surface area contributed by atoms with E-state index in [0.29, 0.717) is 39.3 Å². The molecule has 0 aliphatic heterocycles. The number of fused-ring (bicyclic) bond motifs is 5. The number of carbonyl (C=O) groups excluding carboxylic acids is 11. The van der Waals surface area contributed by atoms with Gasteiger partial charge in [-0.2, -0.15) is 10.6 Å². The predicted molar refractivity (Wildman–Crippen MR) is 321 cm³/mol. The summed E-state index contributed by atoms with van der Waals surface area (Å²) in [4.78, 5) is 131. The Labute approximate surface area is 486 Å². The summed E-state index contributed by atoms with van der Waals surface area (Å²) in [6.45, 7) is 17.3. The van der Waals surface area contributed by atoms with Crippen molar-refractivity contribution in [1.82, 2.24) is 10.2 Å². The Kier molecular flexibility index (Phi) is 27.9. The largest absolute Gasteiger partial charge is 0.326 e. The van der Waals surface area contributed by atoms with Gasteiger partial charge in [0.15, 0.2) is 40.5 Å². The van der Waals surface area contributed by atoms with Crippen molar-refractivity contribution in [2.24, 2.45) is 22.9 Å². The van der Waals surface area contributed by atoms with E-state index in [0.717, 1.165) is 11.1 Å². The van der Waals surface area contributed by atoms with Crippen molar-refractivity contribution in [2.75, 3.05) is 16.0 Å². The van der Waals surface area contributed by atoms with Crippen LogP contribution in [0.15, 0.2) is 151 Å². The highest BCUT2D eigenvalue weighted by Crippen LogP contribution is 2.43. The molecule has 0 spiro atoms. The standard InChI is InChI=1S/C18H13N3O2.2C18H13NO4.C2H3ClO.3C2H6.CH4.H3N3/c1-10(22)19-13-9-5-8-12-14(13)18(23)15-16(20-21-17(12)15)11-6-3-2-4-7-11;2*1-10(20)19-13-9-5-8-12-14(13)18(23)15(17(12)22)16(21)11-6-3-2-4-7-11;1-2(3)4;3*1-2;;1-3-2/h2-9H,1H3,(H,19,22)(H,20,21);2*2-9,15H,1H3,(H,19,20);1H3;3*1-2H3;1H4;(H3,1,2). The quantitative estimate of drug-likeness (QED) is 0.0206. The molecule has 3 aliphatic rings. The molecule has 2 atom stereocenters. The number of nitrogens with two attached hydrogens (primary N) is 1. The predicted octanol–water partition coefficient (Wildman–Crippen LogP) is 12.7. The highest BCUT2D eigenvalue weighted by molar-refractivity contribution is 6.62. The maximum Gasteiger partial charge on any atom is 0.221 e. The average Bonchev–Trinajstić information content (AvgIpc) is 4.39. The van der Waals surface area contributed by atoms with Gasteiger partial charge in [0.25, 0.3) is 0 Å². The highest BCUT2D eigenvalue weighted by atomic mass is 35.5. The van der Waals surface area contributed by atoms with E-state index in [-0.39, 0.29) is 69.8 Å². The lowest BCUT2D eigenvalue weighted by Gasteiger charge is -2.07. The molecule has 2 unspecified atom stereocenters. The van der Waals surface area contributed by atoms with Crippen LogP contribution in [0.4, 0.5) is 17.1 Å². The maximum absolute atomic E-state index is 12.9. The Hall–Kier alpha value is -10.0. The zero-order chi connectivity index (χ0) is 61.4. The van der Waals surface area contributed by atoms with Gasteiger partial charge in [0.1, 0.15) is 17.5 Å². The van der Waals surface area contributed by atoms with E-state index in [1.54, 1.807) is 91.0 Å². The van der Waals surface area contributed by atoms with E-state index >= 15 is 0 Å². The summed E-state index contributed by atoms with van der Waals surface area (Å²) in [5.41, 5.74) is 11.9. The number of Topliss-reactive ketones (excluding diaryl/α,β-unsaturated/α-hetero) is 6. The second-order valence-corrected chi connectivity index (χ2v) is 17.2. The van der Waals surface area contributed by atoms with Crippen molar-refractivity contribution in [2.45, 2.75) is 76.7 Å². The number of hydrogen-bond acceptors (Lipinski definition) is 14. The second-order valence-electron chi connectivity index (χ2n) is 16.6. The number of nitrogens with zero attached hydrogens (tertiary/aromatic N) is 2. The summed E-state index contributed by atoms with van der Waals surface area (Å²) < 4.78 is 0. The van der Waals surface area contributed by atoms with Crippen LogP contribution in [0.5, 0.6) is 0 Å². The molecule has 0 saturated heterocycles. The van der Waals surface area contributed by atoms with E-state index in [2.05, 4.69) is 48.8 Å². The third-order valence-electron chi connectivity index (χ3n) is 11.4. The van der Waals surface area contributed by atoms with E-state index in [9.17, 15) is 52.7 Å². The molecule has 19 nitrogen and oxygen atoms in total. The van der Waals surface area contributed by atoms with Crippen LogP contribution in [0.1, 0.15) is 155 Å². The molecule has 1 heterocycles. The molecule has 6 aromatic carbocycles. The molecule has 0 fully saturated rings. The fourth-order valence-corrected chi connectivity index (χ4v) is 8.47. The zero-order valence-corrected chi connectivity index (χ0v) is 47.6. The first-order valence-electron chi connectivity index (χ1n) is 25.8. The molecule has 20 heteroatoms. The van der Waals surface area contributed by atoms with E-state index in [4.69, 9.17) is 5.53 Å². The van der Waals surface area contributed by atoms with Gasteiger partial charge in [-0.15, -0.1) is 0 Å². The monoisotopic (exact) mass is 1150 g/mol. The summed E-state index contributed by atoms with van der Waals surface area (Å²) in [7, 11) is 0. The van der Waals surface area contributed by atoms with Crippen molar-refractivity contribution in [3.8, 4) is 22.5 Å². The van der Waals surface area contributed by atoms with Crippen molar-refractivity contribution >= 4 is 92.1 Å². The summed E-state index contributed by atoms with van der Waals surface area (Å²) in [5.74, 6) is -2.85. The Morgan fingerprint density at radius 3 is 1.13 bits per heavy atom. The number of aromatic amines is 1. The van der Waals surface area contributed by atoms with Crippen LogP contribution in [0.2, 0.25) is 0 Å². The van der Waals surface area contributed by atoms with Gasteiger partial charge in [-0.05, 0) is 29.8 Å². The van der Waals surface area contributed by atoms with Crippen LogP contribution in [-0.2, 0) is 19.2 Å². The Bertz CT molecular complexity index is 3360. The van der Waals surface area contributed by atoms with Crippen LogP contribution < -0.4 is 21.8 Å². The van der Waals surface area contributed by atoms with E-state index in [1.807, 2.05) is 84.0 Å². The van der Waals surface area contributed by atoms with Crippen LogP contribution in [-0.4, -0.2) is 73.6 Å². The van der Waals surface area contributed by atoms with Gasteiger partial charge in [0, 0.05) is 61.1 Å². The molecular weight excluding hydrogens is 1080 g/mol. The van der Waals surface area contributed by atoms with E-state index in [1.165, 1.54) is 39.8 Å². The average molecular weight is 1150 g/mol. The summed E-state index contributed by atoms with van der Waals surface area (Å²) in [6, 6.07) is 40.7. The topological polar surface area (TPSA) is 315 Å². The molecule has 432 valence electrons. The van der Waals surface area contributed by atoms with Gasteiger partial charge >= 0.3 is 0 Å². The number of aromatic nitrogens is 2. The third-order valence-corrected chi connectivity index (χ3v) is 11.4. The summed E-state index contributed by atoms with van der Waals surface area (Å²) in [5, 5.41) is 17.0. The number of halogens is 1. The van der Waals surface area contributed by atoms with Crippen molar-refractivity contribution in [1.29, 1.82) is 5.53 Å². The van der Waals surface area contributed by atoms with Gasteiger partial charge < -0.3 is 21.8 Å². The molecule has 0 saturated carbocycles. The number of anilines is 3. The van der Waals surface area contributed by atoms with Crippen LogP contribution in [0.25, 0.3) is 22.5 Å². The highest BCUT2D eigenvalue weighted by Gasteiger charge is 2.46. The molecule has 7 aromatic rings. The van der Waals surface area contributed by atoms with Crippen LogP contribution in [0, 0.1) is 17.4 Å². The fourth-order valence-electron chi connectivity index (χ4n) is 8.47. The number of nitrogens with one attached hydrogen (secondary N) is 5. The molecule has 3 amide bonds. The Balaban J connectivity index is 0.000000383. The maximum atomic E-state index is 12.9. The first-order chi connectivity index (χ1) is 39.3. The molecule has 10 rings (SSSR count). The van der Waals surface area contributed by atoms with Crippen molar-refractivity contribution < 1.29 is 52.7 Å². The molecular formula is C63H67ClN8O11. The zero-order valence-electron chi connectivity index (χ0n) is 46.9. The lowest BCUT2D eigenvalue weighted by Crippen LogP contribution is -2.25. The number of amides is 3. The van der Waals surface area contributed by atoms with Gasteiger partial charge in [0.05, 0.1) is 45.0 Å². The van der Waals surface area contributed by atoms with Gasteiger partial charge in [0.2, 0.25) is 23.0 Å². The van der Waals surface area contributed by atoms with Crippen molar-refractivity contribution in [3.63, 3.8) is 0 Å². The van der Waals surface area contributed by atoms with Gasteiger partial charge in [-0.25, -0.2) is 0 Å². The number of benzene rings is 6. The van der Waals surface area contributed by atoms with Crippen LogP contribution >= 0.6 is 11.6 Å². The van der Waals surface area contributed by atoms with Crippen LogP contribution in [0.3, 0.4) is 0 Å². The molecule has 3 aliphatic carbocycles. The second kappa shape index (κ2) is 33.5. The number of H-pyrrole nitrogens is 1. The lowest BCUT2D eigenvalue weighted by atomic mass is 9.93. The molecule has 0 radical (unpaired) electrons. The molecule has 7 N–H and O–H groups in total. The summed E-state index contributed by atoms with van der Waals surface area (Å²) >= 11 is 4.64. The Morgan fingerprint density at radius 1 is 0.482 bits per heavy atom. The first-order valence-corrected chi connectivity index (χ1v) is 26.2. The third kappa shape index (κ3) is 16.8. The number of hydrogen-bond donors (Lipinski definition) is 6. The smallest absolute Gasteiger partial charge is 0.221 e. The lowest BCUT2D eigenvalue weighted by molar-refractivity contribution is -0.115. The minimum absolute atomic E-state index is 0. The minimum Gasteiger partial charge on any atom is -0.326 e. The number of carbonyl (C=O) groups is 11. The Morgan fingerprint density at radius 2 is 0.795 bits per heavy atom. The number of rotatable bonds is 8. The SMILES string of the molecule is C.CC.CC.CC.CC(=O)Cl.CC(=O)Nc1cccc2c1C(=O)C(C(=O)c1ccccc1)C2=O.CC(=O)Nc1cccc2c1C(=O)C(C(=O)c1ccccc1)C2=O.CC(=O)Nc1cccc2c1C(=O)c1c(-c3ccccc3)n[nH]c1-2.N=NN. The number of ketones is 7. The summed E-state index contributed by atoms with van der Waals surface area (Å²) in [6.07, 6.45) is 0. The normalized spacial score (nSPS) is 12.9. The minimum atomic E-state index is -1.37. The molecule has 0 bridgehead atoms. The molecule has 83 heavy (non-hydrogen) atoms. The van der Waals surface area contributed by atoms with Gasteiger partial charge in [-0.1, -0.05) is 182 Å². The van der Waals surface area contributed by atoms with E-state index < -0.39 is 46.5 Å².